The molecule has 0 aromatic carbocycles. The van der Waals surface area contributed by atoms with E-state index < -0.39 is 57.3 Å². The van der Waals surface area contributed by atoms with E-state index in [-0.39, 0.29) is 25.0 Å². The molecule has 0 spiro atoms. The van der Waals surface area contributed by atoms with Gasteiger partial charge in [0, 0.05) is 10.8 Å². The maximum absolute atomic E-state index is 17.4. The van der Waals surface area contributed by atoms with Crippen LogP contribution in [0.15, 0.2) is 47.6 Å². The fourth-order valence-corrected chi connectivity index (χ4v) is 13.1. The van der Waals surface area contributed by atoms with Crippen LogP contribution in [0.5, 0.6) is 0 Å². The number of rotatable bonds is 18. The summed E-state index contributed by atoms with van der Waals surface area (Å²) in [4.78, 5) is 0. The standard InChI is InChI=1S/C50H76F6O/c1-3-5-7-11-17-37-19-23-41(24-20-37)47(29-13-9-14-30-47)49(55)33-27-39(43(51)45(49)53)35-57-36-40-28-34-50(56,46(54)44(40)52)48(31-15-10-16-32-48)42-25-21-38(22-26-42)18-12-8-6-4-2/h27-28,33-34,37-42H,3-26,29-32,35-36H2,1-2H3/t37?,38?,39-,40-,41?,42?,49+,50+/m0/s1. The molecule has 0 unspecified atom stereocenters. The maximum Gasteiger partial charge on any atom is 0.188 e. The second-order valence-electron chi connectivity index (χ2n) is 19.8. The van der Waals surface area contributed by atoms with Crippen LogP contribution in [0.2, 0.25) is 0 Å². The number of allylic oxidation sites excluding steroid dienone is 4. The zero-order chi connectivity index (χ0) is 40.5. The Morgan fingerprint density at radius 3 is 1.23 bits per heavy atom. The van der Waals surface area contributed by atoms with Gasteiger partial charge in [-0.1, -0.05) is 154 Å². The summed E-state index contributed by atoms with van der Waals surface area (Å²) in [5.41, 5.74) is -6.96. The third kappa shape index (κ3) is 9.39. The third-order valence-corrected chi connectivity index (χ3v) is 16.5. The van der Waals surface area contributed by atoms with E-state index in [1.54, 1.807) is 0 Å². The highest BCUT2D eigenvalue weighted by molar-refractivity contribution is 5.37. The fraction of sp³-hybridized carbons (Fsp3) is 0.840. The van der Waals surface area contributed by atoms with Crippen molar-refractivity contribution in [2.45, 2.75) is 205 Å². The lowest BCUT2D eigenvalue weighted by Crippen LogP contribution is -2.52. The molecule has 4 atom stereocenters. The summed E-state index contributed by atoms with van der Waals surface area (Å²) in [6.07, 6.45) is 32.5. The van der Waals surface area contributed by atoms with Crippen LogP contribution in [0, 0.1) is 46.3 Å². The van der Waals surface area contributed by atoms with Crippen LogP contribution in [0.1, 0.15) is 194 Å². The lowest BCUT2D eigenvalue weighted by molar-refractivity contribution is -0.0619. The Kier molecular flexibility index (Phi) is 16.1. The minimum Gasteiger partial charge on any atom is -0.379 e. The molecule has 6 aliphatic rings. The van der Waals surface area contributed by atoms with Crippen LogP contribution >= 0.6 is 0 Å². The van der Waals surface area contributed by atoms with E-state index in [0.717, 1.165) is 89.9 Å². The zero-order valence-corrected chi connectivity index (χ0v) is 35.7. The molecule has 4 saturated carbocycles. The maximum atomic E-state index is 17.4. The minimum absolute atomic E-state index is 0.000776. The highest BCUT2D eigenvalue weighted by Gasteiger charge is 2.61. The summed E-state index contributed by atoms with van der Waals surface area (Å²) in [5, 5.41) is 0. The first-order valence-corrected chi connectivity index (χ1v) is 24.0. The molecule has 57 heavy (non-hydrogen) atoms. The summed E-state index contributed by atoms with van der Waals surface area (Å²) in [6, 6.07) is 0. The molecule has 1 nitrogen and oxygen atoms in total. The molecule has 0 heterocycles. The van der Waals surface area contributed by atoms with E-state index in [0.29, 0.717) is 37.5 Å². The van der Waals surface area contributed by atoms with Crippen molar-refractivity contribution in [1.82, 2.24) is 0 Å². The molecule has 0 amide bonds. The van der Waals surface area contributed by atoms with Gasteiger partial charge in [0.15, 0.2) is 23.0 Å². The summed E-state index contributed by atoms with van der Waals surface area (Å²) in [6.45, 7) is 3.75. The van der Waals surface area contributed by atoms with Gasteiger partial charge >= 0.3 is 0 Å². The van der Waals surface area contributed by atoms with Gasteiger partial charge in [-0.25, -0.2) is 26.3 Å². The van der Waals surface area contributed by atoms with E-state index in [1.165, 1.54) is 88.5 Å². The van der Waals surface area contributed by atoms with Crippen LogP contribution in [-0.2, 0) is 4.74 Å². The number of alkyl halides is 2. The Morgan fingerprint density at radius 2 is 0.877 bits per heavy atom. The minimum atomic E-state index is -2.51. The summed E-state index contributed by atoms with van der Waals surface area (Å²) in [7, 11) is 0. The van der Waals surface area contributed by atoms with Gasteiger partial charge in [0.25, 0.3) is 0 Å². The van der Waals surface area contributed by atoms with Crippen LogP contribution in [0.4, 0.5) is 26.3 Å². The summed E-state index contributed by atoms with van der Waals surface area (Å²) < 4.78 is 105. The van der Waals surface area contributed by atoms with Crippen molar-refractivity contribution in [3.8, 4) is 0 Å². The highest BCUT2D eigenvalue weighted by Crippen LogP contribution is 2.63. The average Bonchev–Trinajstić information content (AvgIpc) is 3.24. The van der Waals surface area contributed by atoms with E-state index in [2.05, 4.69) is 13.8 Å². The first kappa shape index (κ1) is 45.0. The van der Waals surface area contributed by atoms with E-state index in [1.807, 2.05) is 0 Å². The SMILES string of the molecule is CCCCCCC1CCC(C2([C@@]3(F)C=C[C@@H](COC[C@@H]4C=C[C@](F)(C5(C6CCC(CCCCCC)CC6)CCCCC5)C(F)=C4F)C(F)=C3F)CCCCC2)CC1. The highest BCUT2D eigenvalue weighted by atomic mass is 19.2. The van der Waals surface area contributed by atoms with Gasteiger partial charge in [0.05, 0.1) is 25.0 Å². The Bertz CT molecular complexity index is 1280. The lowest BCUT2D eigenvalue weighted by Gasteiger charge is -2.53. The van der Waals surface area contributed by atoms with Gasteiger partial charge in [-0.2, -0.15) is 0 Å². The Balaban J connectivity index is 1.07. The van der Waals surface area contributed by atoms with Crippen molar-refractivity contribution >= 4 is 0 Å². The van der Waals surface area contributed by atoms with Gasteiger partial charge < -0.3 is 4.74 Å². The number of ether oxygens (including phenoxy) is 1. The first-order valence-electron chi connectivity index (χ1n) is 24.0. The monoisotopic (exact) mass is 807 g/mol. The molecular formula is C50H76F6O. The van der Waals surface area contributed by atoms with Crippen LogP contribution in [-0.4, -0.2) is 24.6 Å². The summed E-state index contributed by atoms with van der Waals surface area (Å²) >= 11 is 0. The molecule has 0 aliphatic heterocycles. The smallest absolute Gasteiger partial charge is 0.188 e. The average molecular weight is 807 g/mol. The van der Waals surface area contributed by atoms with Crippen molar-refractivity contribution < 1.29 is 31.1 Å². The molecule has 0 aromatic heterocycles. The van der Waals surface area contributed by atoms with Crippen molar-refractivity contribution in [2.75, 3.05) is 13.2 Å². The Hall–Kier alpha value is -1.50. The molecular weight excluding hydrogens is 731 g/mol. The molecule has 0 saturated heterocycles. The van der Waals surface area contributed by atoms with Gasteiger partial charge in [-0.3, -0.25) is 0 Å². The predicted octanol–water partition coefficient (Wildman–Crippen LogP) is 16.5. The predicted molar refractivity (Wildman–Crippen MR) is 222 cm³/mol. The van der Waals surface area contributed by atoms with E-state index in [4.69, 9.17) is 4.74 Å². The fourth-order valence-electron chi connectivity index (χ4n) is 13.1. The van der Waals surface area contributed by atoms with Gasteiger partial charge in [-0.05, 0) is 87.2 Å². The van der Waals surface area contributed by atoms with Gasteiger partial charge in [0.2, 0.25) is 0 Å². The van der Waals surface area contributed by atoms with E-state index in [9.17, 15) is 0 Å². The topological polar surface area (TPSA) is 9.23 Å². The zero-order valence-electron chi connectivity index (χ0n) is 35.7. The third-order valence-electron chi connectivity index (χ3n) is 16.5. The molecule has 0 aromatic rings. The van der Waals surface area contributed by atoms with Crippen molar-refractivity contribution in [3.63, 3.8) is 0 Å². The number of hydrogen-bond acceptors (Lipinski definition) is 1. The number of halogens is 6. The number of unbranched alkanes of at least 4 members (excludes halogenated alkanes) is 6. The first-order chi connectivity index (χ1) is 27.5. The lowest BCUT2D eigenvalue weighted by atomic mass is 9.53. The molecule has 0 bridgehead atoms. The Labute approximate surface area is 342 Å². The molecule has 7 heteroatoms. The largest absolute Gasteiger partial charge is 0.379 e. The molecule has 6 rings (SSSR count). The molecule has 0 N–H and O–H groups in total. The van der Waals surface area contributed by atoms with E-state index >= 15 is 26.3 Å². The number of hydrogen-bond donors (Lipinski definition) is 0. The van der Waals surface area contributed by atoms with Crippen LogP contribution in [0.3, 0.4) is 0 Å². The molecule has 6 aliphatic carbocycles. The van der Waals surface area contributed by atoms with Crippen LogP contribution < -0.4 is 0 Å². The van der Waals surface area contributed by atoms with Crippen molar-refractivity contribution in [3.05, 3.63) is 47.6 Å². The van der Waals surface area contributed by atoms with Gasteiger partial charge in [0.1, 0.15) is 11.7 Å². The van der Waals surface area contributed by atoms with Gasteiger partial charge in [-0.15, -0.1) is 0 Å². The molecule has 0 radical (unpaired) electrons. The quantitative estimate of drug-likeness (QED) is 0.0762. The normalized spacial score (nSPS) is 35.9. The van der Waals surface area contributed by atoms with Crippen LogP contribution in [0.25, 0.3) is 0 Å². The van der Waals surface area contributed by atoms with Crippen molar-refractivity contribution in [1.29, 1.82) is 0 Å². The second-order valence-corrected chi connectivity index (χ2v) is 19.8. The van der Waals surface area contributed by atoms with Crippen molar-refractivity contribution in [2.24, 2.45) is 46.3 Å². The summed E-state index contributed by atoms with van der Waals surface area (Å²) in [5.74, 6) is -6.04. The second kappa shape index (κ2) is 20.4. The molecule has 324 valence electrons. The molecule has 4 fully saturated rings. The Morgan fingerprint density at radius 1 is 0.509 bits per heavy atom.